The first-order chi connectivity index (χ1) is 7.78. The first-order valence-corrected chi connectivity index (χ1v) is 5.39. The van der Waals surface area contributed by atoms with Gasteiger partial charge in [-0.1, -0.05) is 13.0 Å². The minimum atomic E-state index is 0.566. The van der Waals surface area contributed by atoms with E-state index in [1.807, 2.05) is 32.0 Å². The molecule has 0 spiro atoms. The third-order valence-electron chi connectivity index (χ3n) is 2.26. The van der Waals surface area contributed by atoms with Gasteiger partial charge in [-0.15, -0.1) is 0 Å². The quantitative estimate of drug-likeness (QED) is 0.855. The van der Waals surface area contributed by atoms with E-state index in [9.17, 15) is 0 Å². The number of hydrogen-bond donors (Lipinski definition) is 1. The number of aromatic nitrogens is 2. The lowest BCUT2D eigenvalue weighted by molar-refractivity contribution is 0.465. The summed E-state index contributed by atoms with van der Waals surface area (Å²) in [7, 11) is 0. The maximum atomic E-state index is 5.48. The summed E-state index contributed by atoms with van der Waals surface area (Å²) in [5.41, 5.74) is 0.992. The molecular formula is C12H15N3O. The molecule has 2 aromatic heterocycles. The van der Waals surface area contributed by atoms with Crippen LogP contribution in [-0.4, -0.2) is 9.97 Å². The molecule has 0 atom stereocenters. The fourth-order valence-electron chi connectivity index (χ4n) is 1.40. The number of rotatable bonds is 4. The number of pyridine rings is 1. The molecule has 0 unspecified atom stereocenters. The molecule has 0 bridgehead atoms. The Morgan fingerprint density at radius 2 is 2.25 bits per heavy atom. The normalized spacial score (nSPS) is 10.4. The van der Waals surface area contributed by atoms with Crippen LogP contribution in [0, 0.1) is 6.92 Å². The Hall–Kier alpha value is -1.84. The minimum Gasteiger partial charge on any atom is -0.444 e. The standard InChI is InChI=1S/C12H15N3O/c1-3-10-7-14-12(16-10)8-13-11-6-4-5-9(2)15-11/h4-7H,3,8H2,1-2H3,(H,13,15). The third kappa shape index (κ3) is 2.59. The predicted octanol–water partition coefficient (Wildman–Crippen LogP) is 2.55. The van der Waals surface area contributed by atoms with Gasteiger partial charge in [-0.25, -0.2) is 9.97 Å². The summed E-state index contributed by atoms with van der Waals surface area (Å²) in [6.45, 7) is 4.57. The van der Waals surface area contributed by atoms with Crippen LogP contribution in [0.3, 0.4) is 0 Å². The molecule has 0 radical (unpaired) electrons. The molecule has 0 aromatic carbocycles. The molecule has 4 heteroatoms. The number of nitrogens with zero attached hydrogens (tertiary/aromatic N) is 2. The van der Waals surface area contributed by atoms with Gasteiger partial charge < -0.3 is 9.73 Å². The summed E-state index contributed by atoms with van der Waals surface area (Å²) in [6.07, 6.45) is 2.64. The summed E-state index contributed by atoms with van der Waals surface area (Å²) in [4.78, 5) is 8.50. The molecular weight excluding hydrogens is 202 g/mol. The van der Waals surface area contributed by atoms with Gasteiger partial charge in [0.15, 0.2) is 0 Å². The molecule has 2 rings (SSSR count). The smallest absolute Gasteiger partial charge is 0.213 e. The zero-order valence-electron chi connectivity index (χ0n) is 9.53. The molecule has 16 heavy (non-hydrogen) atoms. The van der Waals surface area contributed by atoms with E-state index in [-0.39, 0.29) is 0 Å². The highest BCUT2D eigenvalue weighted by molar-refractivity contribution is 5.34. The zero-order chi connectivity index (χ0) is 11.4. The van der Waals surface area contributed by atoms with E-state index in [4.69, 9.17) is 4.42 Å². The molecule has 0 saturated carbocycles. The highest BCUT2D eigenvalue weighted by Gasteiger charge is 2.02. The maximum absolute atomic E-state index is 5.48. The molecule has 0 saturated heterocycles. The molecule has 0 amide bonds. The summed E-state index contributed by atoms with van der Waals surface area (Å²) in [5, 5.41) is 3.17. The minimum absolute atomic E-state index is 0.566. The number of nitrogens with one attached hydrogen (secondary N) is 1. The van der Waals surface area contributed by atoms with Gasteiger partial charge in [-0.3, -0.25) is 0 Å². The van der Waals surface area contributed by atoms with Crippen LogP contribution in [0.2, 0.25) is 0 Å². The zero-order valence-corrected chi connectivity index (χ0v) is 9.53. The van der Waals surface area contributed by atoms with E-state index >= 15 is 0 Å². The van der Waals surface area contributed by atoms with Crippen LogP contribution < -0.4 is 5.32 Å². The number of hydrogen-bond acceptors (Lipinski definition) is 4. The molecule has 84 valence electrons. The fourth-order valence-corrected chi connectivity index (χ4v) is 1.40. The summed E-state index contributed by atoms with van der Waals surface area (Å²) >= 11 is 0. The second-order valence-corrected chi connectivity index (χ2v) is 3.59. The second kappa shape index (κ2) is 4.79. The number of aryl methyl sites for hydroxylation is 2. The van der Waals surface area contributed by atoms with E-state index < -0.39 is 0 Å². The monoisotopic (exact) mass is 217 g/mol. The van der Waals surface area contributed by atoms with Crippen molar-refractivity contribution in [1.29, 1.82) is 0 Å². The van der Waals surface area contributed by atoms with Crippen molar-refractivity contribution in [2.75, 3.05) is 5.32 Å². The van der Waals surface area contributed by atoms with Crippen molar-refractivity contribution in [1.82, 2.24) is 9.97 Å². The Labute approximate surface area is 94.7 Å². The maximum Gasteiger partial charge on any atom is 0.213 e. The Morgan fingerprint density at radius 1 is 1.38 bits per heavy atom. The number of oxazole rings is 1. The molecule has 0 aliphatic heterocycles. The van der Waals surface area contributed by atoms with E-state index in [2.05, 4.69) is 15.3 Å². The van der Waals surface area contributed by atoms with Crippen molar-refractivity contribution in [3.8, 4) is 0 Å². The van der Waals surface area contributed by atoms with Crippen molar-refractivity contribution in [2.24, 2.45) is 0 Å². The van der Waals surface area contributed by atoms with Crippen molar-refractivity contribution >= 4 is 5.82 Å². The molecule has 2 heterocycles. The molecule has 4 nitrogen and oxygen atoms in total. The first-order valence-electron chi connectivity index (χ1n) is 5.39. The van der Waals surface area contributed by atoms with Crippen LogP contribution in [-0.2, 0) is 13.0 Å². The lowest BCUT2D eigenvalue weighted by Gasteiger charge is -2.02. The highest BCUT2D eigenvalue weighted by atomic mass is 16.4. The molecule has 2 aromatic rings. The van der Waals surface area contributed by atoms with E-state index in [0.717, 1.165) is 23.7 Å². The van der Waals surface area contributed by atoms with Gasteiger partial charge in [-0.2, -0.15) is 0 Å². The van der Waals surface area contributed by atoms with Crippen LogP contribution >= 0.6 is 0 Å². The van der Waals surface area contributed by atoms with Crippen LogP contribution in [0.25, 0.3) is 0 Å². The molecule has 0 fully saturated rings. The SMILES string of the molecule is CCc1cnc(CNc2cccc(C)n2)o1. The van der Waals surface area contributed by atoms with Crippen LogP contribution in [0.4, 0.5) is 5.82 Å². The molecule has 1 N–H and O–H groups in total. The summed E-state index contributed by atoms with van der Waals surface area (Å²) in [5.74, 6) is 2.45. The second-order valence-electron chi connectivity index (χ2n) is 3.59. The Morgan fingerprint density at radius 3 is 2.94 bits per heavy atom. The van der Waals surface area contributed by atoms with Crippen molar-refractivity contribution in [3.05, 3.63) is 41.7 Å². The van der Waals surface area contributed by atoms with E-state index in [1.54, 1.807) is 6.20 Å². The van der Waals surface area contributed by atoms with Gasteiger partial charge in [0.2, 0.25) is 5.89 Å². The fraction of sp³-hybridized carbons (Fsp3) is 0.333. The van der Waals surface area contributed by atoms with Gasteiger partial charge in [0, 0.05) is 12.1 Å². The Balaban J connectivity index is 1.96. The van der Waals surface area contributed by atoms with Gasteiger partial charge in [0.1, 0.15) is 11.6 Å². The van der Waals surface area contributed by atoms with Crippen LogP contribution in [0.5, 0.6) is 0 Å². The van der Waals surface area contributed by atoms with Crippen LogP contribution in [0.1, 0.15) is 24.3 Å². The molecule has 0 aliphatic carbocycles. The third-order valence-corrected chi connectivity index (χ3v) is 2.26. The average molecular weight is 217 g/mol. The van der Waals surface area contributed by atoms with Crippen molar-refractivity contribution in [2.45, 2.75) is 26.8 Å². The topological polar surface area (TPSA) is 51.0 Å². The largest absolute Gasteiger partial charge is 0.444 e. The first kappa shape index (κ1) is 10.7. The summed E-state index contributed by atoms with van der Waals surface area (Å²) < 4.78 is 5.48. The van der Waals surface area contributed by atoms with Gasteiger partial charge in [-0.05, 0) is 19.1 Å². The van der Waals surface area contributed by atoms with Gasteiger partial charge >= 0.3 is 0 Å². The Bertz CT molecular complexity index is 465. The van der Waals surface area contributed by atoms with E-state index in [0.29, 0.717) is 12.4 Å². The highest BCUT2D eigenvalue weighted by Crippen LogP contribution is 2.08. The lowest BCUT2D eigenvalue weighted by atomic mass is 10.4. The van der Waals surface area contributed by atoms with Crippen molar-refractivity contribution in [3.63, 3.8) is 0 Å². The van der Waals surface area contributed by atoms with Gasteiger partial charge in [0.25, 0.3) is 0 Å². The Kier molecular flexibility index (Phi) is 3.19. The number of anilines is 1. The average Bonchev–Trinajstić information content (AvgIpc) is 2.74. The lowest BCUT2D eigenvalue weighted by Crippen LogP contribution is -2.01. The molecule has 0 aliphatic rings. The van der Waals surface area contributed by atoms with Gasteiger partial charge in [0.05, 0.1) is 12.7 Å². The van der Waals surface area contributed by atoms with Crippen LogP contribution in [0.15, 0.2) is 28.8 Å². The predicted molar refractivity (Wildman–Crippen MR) is 62.2 cm³/mol. The summed E-state index contributed by atoms with van der Waals surface area (Å²) in [6, 6.07) is 5.86. The van der Waals surface area contributed by atoms with Crippen molar-refractivity contribution < 1.29 is 4.42 Å². The van der Waals surface area contributed by atoms with E-state index in [1.165, 1.54) is 0 Å².